The van der Waals surface area contributed by atoms with Crippen LogP contribution < -0.4 is 5.32 Å². The third-order valence-electron chi connectivity index (χ3n) is 6.26. The number of aryl methyl sites for hydroxylation is 3. The monoisotopic (exact) mass is 496 g/mol. The molecule has 2 aromatic carbocycles. The Morgan fingerprint density at radius 1 is 1.03 bits per heavy atom. The normalized spacial score (nSPS) is 16.7. The maximum absolute atomic E-state index is 12.9. The molecule has 1 atom stereocenters. The molecule has 3 rings (SSSR count). The standard InChI is InChI=1S/C24H30Cl2N2O3S/c1-15-11-17(3)21(12-16(15)2)18(4)27-24(29)20-7-9-28(10-8-20)32(30,31)14-19-5-6-22(25)23(26)13-19/h5-6,11-13,18,20H,7-10,14H2,1-4H3,(H,27,29)/t18-/m1/s1. The highest BCUT2D eigenvalue weighted by Gasteiger charge is 2.31. The fraction of sp³-hybridized carbons (Fsp3) is 0.458. The summed E-state index contributed by atoms with van der Waals surface area (Å²) in [7, 11) is -3.50. The Hall–Kier alpha value is -1.60. The van der Waals surface area contributed by atoms with Gasteiger partial charge in [0.25, 0.3) is 0 Å². The van der Waals surface area contributed by atoms with Crippen LogP contribution in [0.15, 0.2) is 30.3 Å². The molecule has 0 spiro atoms. The number of carbonyl (C=O) groups is 1. The van der Waals surface area contributed by atoms with Crippen molar-refractivity contribution < 1.29 is 13.2 Å². The van der Waals surface area contributed by atoms with Gasteiger partial charge in [-0.1, -0.05) is 41.4 Å². The lowest BCUT2D eigenvalue weighted by Gasteiger charge is -2.31. The largest absolute Gasteiger partial charge is 0.349 e. The van der Waals surface area contributed by atoms with Gasteiger partial charge in [0, 0.05) is 19.0 Å². The molecular weight excluding hydrogens is 467 g/mol. The number of nitrogens with one attached hydrogen (secondary N) is 1. The van der Waals surface area contributed by atoms with Gasteiger partial charge in [0.05, 0.1) is 21.8 Å². The van der Waals surface area contributed by atoms with E-state index in [2.05, 4.69) is 38.2 Å². The van der Waals surface area contributed by atoms with Gasteiger partial charge in [0.1, 0.15) is 0 Å². The molecule has 0 aliphatic carbocycles. The molecule has 174 valence electrons. The SMILES string of the molecule is Cc1cc(C)c([C@@H](C)NC(=O)C2CCN(S(=O)(=O)Cc3ccc(Cl)c(Cl)c3)CC2)cc1C. The third-order valence-corrected chi connectivity index (χ3v) is 8.85. The molecule has 0 bridgehead atoms. The summed E-state index contributed by atoms with van der Waals surface area (Å²) in [5.74, 6) is -0.346. The Bertz CT molecular complexity index is 1110. The van der Waals surface area contributed by atoms with E-state index in [0.717, 1.165) is 11.1 Å². The van der Waals surface area contributed by atoms with Crippen molar-refractivity contribution in [1.29, 1.82) is 0 Å². The van der Waals surface area contributed by atoms with Crippen molar-refractivity contribution in [3.63, 3.8) is 0 Å². The van der Waals surface area contributed by atoms with Crippen LogP contribution in [0.5, 0.6) is 0 Å². The second-order valence-electron chi connectivity index (χ2n) is 8.70. The smallest absolute Gasteiger partial charge is 0.223 e. The molecule has 1 aliphatic rings. The van der Waals surface area contributed by atoms with Crippen molar-refractivity contribution in [2.24, 2.45) is 5.92 Å². The predicted molar refractivity (Wildman–Crippen MR) is 131 cm³/mol. The van der Waals surface area contributed by atoms with Gasteiger partial charge in [0.2, 0.25) is 15.9 Å². The molecule has 0 aromatic heterocycles. The zero-order valence-corrected chi connectivity index (χ0v) is 21.2. The van der Waals surface area contributed by atoms with Gasteiger partial charge in [-0.2, -0.15) is 0 Å². The second-order valence-corrected chi connectivity index (χ2v) is 11.5. The lowest BCUT2D eigenvalue weighted by Crippen LogP contribution is -2.43. The first-order valence-corrected chi connectivity index (χ1v) is 13.1. The first-order valence-electron chi connectivity index (χ1n) is 10.8. The maximum Gasteiger partial charge on any atom is 0.223 e. The summed E-state index contributed by atoms with van der Waals surface area (Å²) in [6.45, 7) is 8.87. The number of halogens is 2. The molecule has 8 heteroatoms. The van der Waals surface area contributed by atoms with Crippen LogP contribution in [0.3, 0.4) is 0 Å². The van der Waals surface area contributed by atoms with Crippen LogP contribution >= 0.6 is 23.2 Å². The molecular formula is C24H30Cl2N2O3S. The molecule has 1 N–H and O–H groups in total. The summed E-state index contributed by atoms with van der Waals surface area (Å²) in [6.07, 6.45) is 1.01. The predicted octanol–water partition coefficient (Wildman–Crippen LogP) is 5.34. The lowest BCUT2D eigenvalue weighted by atomic mass is 9.94. The van der Waals surface area contributed by atoms with E-state index in [1.807, 2.05) is 6.92 Å². The second kappa shape index (κ2) is 10.1. The van der Waals surface area contributed by atoms with Gasteiger partial charge in [-0.25, -0.2) is 12.7 Å². The number of hydrogen-bond donors (Lipinski definition) is 1. The van der Waals surface area contributed by atoms with Crippen molar-refractivity contribution in [2.45, 2.75) is 52.3 Å². The summed E-state index contributed by atoms with van der Waals surface area (Å²) in [6, 6.07) is 9.03. The number of rotatable bonds is 6. The first kappa shape index (κ1) is 25.0. The topological polar surface area (TPSA) is 66.5 Å². The van der Waals surface area contributed by atoms with Gasteiger partial charge in [-0.05, 0) is 80.5 Å². The van der Waals surface area contributed by atoms with Gasteiger partial charge < -0.3 is 5.32 Å². The molecule has 0 unspecified atom stereocenters. The van der Waals surface area contributed by atoms with Crippen molar-refractivity contribution in [3.8, 4) is 0 Å². The van der Waals surface area contributed by atoms with Gasteiger partial charge in [-0.3, -0.25) is 4.79 Å². The van der Waals surface area contributed by atoms with Crippen LogP contribution in [-0.4, -0.2) is 31.7 Å². The van der Waals surface area contributed by atoms with Gasteiger partial charge in [0.15, 0.2) is 0 Å². The molecule has 5 nitrogen and oxygen atoms in total. The van der Waals surface area contributed by atoms with E-state index in [-0.39, 0.29) is 23.6 Å². The van der Waals surface area contributed by atoms with E-state index in [4.69, 9.17) is 23.2 Å². The fourth-order valence-corrected chi connectivity index (χ4v) is 6.06. The first-order chi connectivity index (χ1) is 15.0. The maximum atomic E-state index is 12.9. The van der Waals surface area contributed by atoms with E-state index < -0.39 is 10.0 Å². The minimum absolute atomic E-state index is 0.0170. The van der Waals surface area contributed by atoms with Crippen LogP contribution in [0, 0.1) is 26.7 Å². The molecule has 32 heavy (non-hydrogen) atoms. The average Bonchev–Trinajstić information content (AvgIpc) is 2.73. The number of nitrogens with zero attached hydrogens (tertiary/aromatic N) is 1. The minimum Gasteiger partial charge on any atom is -0.349 e. The highest BCUT2D eigenvalue weighted by atomic mass is 35.5. The highest BCUT2D eigenvalue weighted by molar-refractivity contribution is 7.88. The Morgan fingerprint density at radius 3 is 2.28 bits per heavy atom. The number of sulfonamides is 1. The highest BCUT2D eigenvalue weighted by Crippen LogP contribution is 2.27. The fourth-order valence-electron chi connectivity index (χ4n) is 4.19. The number of piperidine rings is 1. The minimum atomic E-state index is -3.50. The van der Waals surface area contributed by atoms with Crippen molar-refractivity contribution in [1.82, 2.24) is 9.62 Å². The quantitative estimate of drug-likeness (QED) is 0.586. The molecule has 0 saturated carbocycles. The van der Waals surface area contributed by atoms with Gasteiger partial charge >= 0.3 is 0 Å². The van der Waals surface area contributed by atoms with Crippen molar-refractivity contribution in [3.05, 3.63) is 68.2 Å². The van der Waals surface area contributed by atoms with E-state index in [9.17, 15) is 13.2 Å². The molecule has 2 aromatic rings. The molecule has 1 saturated heterocycles. The molecule has 1 amide bonds. The van der Waals surface area contributed by atoms with Crippen LogP contribution in [-0.2, 0) is 20.6 Å². The number of carbonyl (C=O) groups excluding carboxylic acids is 1. The third kappa shape index (κ3) is 5.84. The van der Waals surface area contributed by atoms with E-state index in [0.29, 0.717) is 41.5 Å². The molecule has 1 heterocycles. The summed E-state index contributed by atoms with van der Waals surface area (Å²) < 4.78 is 27.1. The number of benzene rings is 2. The van der Waals surface area contributed by atoms with Gasteiger partial charge in [-0.15, -0.1) is 0 Å². The lowest BCUT2D eigenvalue weighted by molar-refractivity contribution is -0.126. The van der Waals surface area contributed by atoms with Crippen LogP contribution in [0.4, 0.5) is 0 Å². The van der Waals surface area contributed by atoms with E-state index in [1.165, 1.54) is 15.4 Å². The van der Waals surface area contributed by atoms with Crippen molar-refractivity contribution >= 4 is 39.1 Å². The zero-order chi connectivity index (χ0) is 23.6. The average molecular weight is 497 g/mol. The van der Waals surface area contributed by atoms with Crippen molar-refractivity contribution in [2.75, 3.05) is 13.1 Å². The molecule has 0 radical (unpaired) electrons. The van der Waals surface area contributed by atoms with Crippen LogP contribution in [0.2, 0.25) is 10.0 Å². The Labute approximate surface area is 201 Å². The molecule has 1 fully saturated rings. The Morgan fingerprint density at radius 2 is 1.66 bits per heavy atom. The van der Waals surface area contributed by atoms with Crippen LogP contribution in [0.25, 0.3) is 0 Å². The summed E-state index contributed by atoms with van der Waals surface area (Å²) >= 11 is 11.9. The Balaban J connectivity index is 1.58. The van der Waals surface area contributed by atoms with E-state index >= 15 is 0 Å². The van der Waals surface area contributed by atoms with E-state index in [1.54, 1.807) is 18.2 Å². The Kier molecular flexibility index (Phi) is 7.92. The summed E-state index contributed by atoms with van der Waals surface area (Å²) in [5, 5.41) is 3.85. The number of hydrogen-bond acceptors (Lipinski definition) is 3. The zero-order valence-electron chi connectivity index (χ0n) is 18.9. The summed E-state index contributed by atoms with van der Waals surface area (Å²) in [5.41, 5.74) is 5.30. The molecule has 1 aliphatic heterocycles. The number of amides is 1. The summed E-state index contributed by atoms with van der Waals surface area (Å²) in [4.78, 5) is 12.9. The van der Waals surface area contributed by atoms with Crippen LogP contribution in [0.1, 0.15) is 53.6 Å².